The molecule has 3 heteroatoms. The van der Waals surface area contributed by atoms with Gasteiger partial charge < -0.3 is 9.84 Å². The van der Waals surface area contributed by atoms with Gasteiger partial charge in [0.05, 0.1) is 18.9 Å². The number of aromatic nitrogens is 1. The van der Waals surface area contributed by atoms with Gasteiger partial charge in [-0.25, -0.2) is 0 Å². The molecule has 1 fully saturated rings. The first-order valence-corrected chi connectivity index (χ1v) is 6.48. The quantitative estimate of drug-likeness (QED) is 0.872. The van der Waals surface area contributed by atoms with E-state index in [1.54, 1.807) is 12.4 Å². The zero-order chi connectivity index (χ0) is 12.3. The van der Waals surface area contributed by atoms with E-state index in [0.29, 0.717) is 18.4 Å². The van der Waals surface area contributed by atoms with Crippen LogP contribution >= 0.6 is 0 Å². The highest BCUT2D eigenvalue weighted by Crippen LogP contribution is 2.40. The summed E-state index contributed by atoms with van der Waals surface area (Å²) in [5, 5.41) is 10.4. The van der Waals surface area contributed by atoms with Crippen molar-refractivity contribution in [1.82, 2.24) is 4.98 Å². The fraction of sp³-hybridized carbons (Fsp3) is 0.643. The molecule has 17 heavy (non-hydrogen) atoms. The number of ether oxygens (including phenoxy) is 1. The van der Waals surface area contributed by atoms with Gasteiger partial charge in [0.25, 0.3) is 0 Å². The molecule has 1 aromatic rings. The van der Waals surface area contributed by atoms with Gasteiger partial charge >= 0.3 is 0 Å². The van der Waals surface area contributed by atoms with E-state index in [0.717, 1.165) is 17.7 Å². The van der Waals surface area contributed by atoms with Crippen LogP contribution in [0, 0.1) is 11.8 Å². The standard InChI is InChI=1S/C14H21NO2/c1-3-17-12-7-11(8-15-9-12)14(16)13-6-4-5-10(13)2/h7-10,13-14,16H,3-6H2,1-2H3. The van der Waals surface area contributed by atoms with Gasteiger partial charge in [-0.1, -0.05) is 19.8 Å². The minimum atomic E-state index is -0.402. The van der Waals surface area contributed by atoms with E-state index in [1.165, 1.54) is 12.8 Å². The molecule has 2 rings (SSSR count). The Morgan fingerprint density at radius 1 is 1.47 bits per heavy atom. The summed E-state index contributed by atoms with van der Waals surface area (Å²) < 4.78 is 5.41. The number of hydrogen-bond acceptors (Lipinski definition) is 3. The largest absolute Gasteiger partial charge is 0.492 e. The molecule has 3 nitrogen and oxygen atoms in total. The monoisotopic (exact) mass is 235 g/mol. The molecule has 1 aliphatic carbocycles. The number of pyridine rings is 1. The molecular formula is C14H21NO2. The molecule has 1 aromatic heterocycles. The molecule has 1 saturated carbocycles. The van der Waals surface area contributed by atoms with E-state index in [1.807, 2.05) is 13.0 Å². The third kappa shape index (κ3) is 2.78. The maximum Gasteiger partial charge on any atom is 0.137 e. The van der Waals surface area contributed by atoms with Crippen molar-refractivity contribution in [2.75, 3.05) is 6.61 Å². The van der Waals surface area contributed by atoms with Crippen molar-refractivity contribution in [3.63, 3.8) is 0 Å². The molecular weight excluding hydrogens is 214 g/mol. The summed E-state index contributed by atoms with van der Waals surface area (Å²) in [5.41, 5.74) is 0.884. The Morgan fingerprint density at radius 3 is 2.94 bits per heavy atom. The molecule has 1 N–H and O–H groups in total. The average Bonchev–Trinajstić information content (AvgIpc) is 2.75. The van der Waals surface area contributed by atoms with Crippen LogP contribution in [0.2, 0.25) is 0 Å². The highest BCUT2D eigenvalue weighted by Gasteiger charge is 2.30. The zero-order valence-electron chi connectivity index (χ0n) is 10.6. The Morgan fingerprint density at radius 2 is 2.29 bits per heavy atom. The van der Waals surface area contributed by atoms with Crippen LogP contribution in [0.25, 0.3) is 0 Å². The van der Waals surface area contributed by atoms with Crippen molar-refractivity contribution in [3.8, 4) is 5.75 Å². The smallest absolute Gasteiger partial charge is 0.137 e. The summed E-state index contributed by atoms with van der Waals surface area (Å²) in [6, 6.07) is 1.91. The summed E-state index contributed by atoms with van der Waals surface area (Å²) in [7, 11) is 0. The fourth-order valence-corrected chi connectivity index (χ4v) is 2.73. The average molecular weight is 235 g/mol. The number of hydrogen-bond donors (Lipinski definition) is 1. The summed E-state index contributed by atoms with van der Waals surface area (Å²) in [6.07, 6.45) is 6.60. The van der Waals surface area contributed by atoms with Crippen LogP contribution in [0.15, 0.2) is 18.5 Å². The first-order chi connectivity index (χ1) is 8.22. The second kappa shape index (κ2) is 5.50. The molecule has 0 spiro atoms. The molecule has 0 aromatic carbocycles. The summed E-state index contributed by atoms with van der Waals surface area (Å²) >= 11 is 0. The van der Waals surface area contributed by atoms with E-state index < -0.39 is 6.10 Å². The number of aliphatic hydroxyl groups is 1. The van der Waals surface area contributed by atoms with Crippen molar-refractivity contribution in [3.05, 3.63) is 24.0 Å². The van der Waals surface area contributed by atoms with Crippen LogP contribution in [0.4, 0.5) is 0 Å². The number of rotatable bonds is 4. The van der Waals surface area contributed by atoms with Gasteiger partial charge in [0.2, 0.25) is 0 Å². The van der Waals surface area contributed by atoms with Crippen LogP contribution in [0.1, 0.15) is 44.8 Å². The van der Waals surface area contributed by atoms with Crippen LogP contribution in [-0.4, -0.2) is 16.7 Å². The van der Waals surface area contributed by atoms with E-state index >= 15 is 0 Å². The second-order valence-corrected chi connectivity index (χ2v) is 4.90. The van der Waals surface area contributed by atoms with Gasteiger partial charge in [-0.05, 0) is 31.2 Å². The number of nitrogens with zero attached hydrogens (tertiary/aromatic N) is 1. The third-order valence-electron chi connectivity index (χ3n) is 3.72. The van der Waals surface area contributed by atoms with Gasteiger partial charge in [0.1, 0.15) is 5.75 Å². The van der Waals surface area contributed by atoms with E-state index in [4.69, 9.17) is 4.74 Å². The van der Waals surface area contributed by atoms with Crippen LogP contribution in [0.3, 0.4) is 0 Å². The zero-order valence-corrected chi connectivity index (χ0v) is 10.6. The molecule has 0 aliphatic heterocycles. The SMILES string of the molecule is CCOc1cncc(C(O)C2CCCC2C)c1. The Hall–Kier alpha value is -1.09. The van der Waals surface area contributed by atoms with Crippen molar-refractivity contribution < 1.29 is 9.84 Å². The Bertz CT molecular complexity index is 367. The topological polar surface area (TPSA) is 42.4 Å². The second-order valence-electron chi connectivity index (χ2n) is 4.90. The number of aliphatic hydroxyl groups excluding tert-OH is 1. The molecule has 0 amide bonds. The lowest BCUT2D eigenvalue weighted by Crippen LogP contribution is -2.15. The Kier molecular flexibility index (Phi) is 4.00. The van der Waals surface area contributed by atoms with Crippen molar-refractivity contribution in [2.45, 2.75) is 39.2 Å². The summed E-state index contributed by atoms with van der Waals surface area (Å²) in [5.74, 6) is 1.71. The summed E-state index contributed by atoms with van der Waals surface area (Å²) in [4.78, 5) is 4.14. The molecule has 0 saturated heterocycles. The van der Waals surface area contributed by atoms with Crippen molar-refractivity contribution in [2.24, 2.45) is 11.8 Å². The lowest BCUT2D eigenvalue weighted by Gasteiger charge is -2.22. The van der Waals surface area contributed by atoms with Crippen LogP contribution < -0.4 is 4.74 Å². The molecule has 0 radical (unpaired) electrons. The van der Waals surface area contributed by atoms with Gasteiger partial charge in [0, 0.05) is 11.8 Å². The van der Waals surface area contributed by atoms with Gasteiger partial charge in [0.15, 0.2) is 0 Å². The van der Waals surface area contributed by atoms with E-state index in [9.17, 15) is 5.11 Å². The first-order valence-electron chi connectivity index (χ1n) is 6.48. The lowest BCUT2D eigenvalue weighted by atomic mass is 9.89. The Labute approximate surface area is 103 Å². The van der Waals surface area contributed by atoms with Gasteiger partial charge in [-0.15, -0.1) is 0 Å². The minimum Gasteiger partial charge on any atom is -0.492 e. The predicted octanol–water partition coefficient (Wildman–Crippen LogP) is 2.95. The van der Waals surface area contributed by atoms with Crippen LogP contribution in [-0.2, 0) is 0 Å². The maximum absolute atomic E-state index is 10.4. The molecule has 1 aliphatic rings. The van der Waals surface area contributed by atoms with Gasteiger partial charge in [-0.3, -0.25) is 4.98 Å². The van der Waals surface area contributed by atoms with E-state index in [-0.39, 0.29) is 0 Å². The van der Waals surface area contributed by atoms with Gasteiger partial charge in [-0.2, -0.15) is 0 Å². The fourth-order valence-electron chi connectivity index (χ4n) is 2.73. The molecule has 0 bridgehead atoms. The molecule has 3 unspecified atom stereocenters. The van der Waals surface area contributed by atoms with E-state index in [2.05, 4.69) is 11.9 Å². The Balaban J connectivity index is 2.12. The summed E-state index contributed by atoms with van der Waals surface area (Å²) in [6.45, 7) is 4.80. The molecule has 94 valence electrons. The van der Waals surface area contributed by atoms with Crippen molar-refractivity contribution in [1.29, 1.82) is 0 Å². The molecule has 3 atom stereocenters. The van der Waals surface area contributed by atoms with Crippen molar-refractivity contribution >= 4 is 0 Å². The van der Waals surface area contributed by atoms with Crippen LogP contribution in [0.5, 0.6) is 5.75 Å². The predicted molar refractivity (Wildman–Crippen MR) is 66.9 cm³/mol. The highest BCUT2D eigenvalue weighted by atomic mass is 16.5. The third-order valence-corrected chi connectivity index (χ3v) is 3.72. The first kappa shape index (κ1) is 12.4. The normalized spacial score (nSPS) is 25.8. The minimum absolute atomic E-state index is 0.369. The highest BCUT2D eigenvalue weighted by molar-refractivity contribution is 5.25. The molecule has 1 heterocycles. The maximum atomic E-state index is 10.4. The lowest BCUT2D eigenvalue weighted by molar-refractivity contribution is 0.0894.